The van der Waals surface area contributed by atoms with Gasteiger partial charge in [-0.05, 0) is 48.7 Å². The fourth-order valence-electron chi connectivity index (χ4n) is 1.99. The molecule has 0 amide bonds. The van der Waals surface area contributed by atoms with Gasteiger partial charge in [0.15, 0.2) is 0 Å². The number of aryl methyl sites for hydroxylation is 2. The Morgan fingerprint density at radius 3 is 2.56 bits per heavy atom. The quantitative estimate of drug-likeness (QED) is 0.883. The Labute approximate surface area is 111 Å². The summed E-state index contributed by atoms with van der Waals surface area (Å²) >= 11 is 1.71. The van der Waals surface area contributed by atoms with Gasteiger partial charge in [-0.15, -0.1) is 11.3 Å². The Hall–Kier alpha value is -1.19. The SMILES string of the molecule is CCc1ccc(CC(O)c2cc(C)cc(F)c2)s1. The van der Waals surface area contributed by atoms with Crippen molar-refractivity contribution < 1.29 is 9.50 Å². The van der Waals surface area contributed by atoms with Crippen LogP contribution < -0.4 is 0 Å². The highest BCUT2D eigenvalue weighted by Gasteiger charge is 2.11. The molecule has 0 radical (unpaired) electrons. The maximum Gasteiger partial charge on any atom is 0.123 e. The average molecular weight is 264 g/mol. The molecule has 0 aliphatic rings. The fourth-order valence-corrected chi connectivity index (χ4v) is 2.98. The maximum absolute atomic E-state index is 13.3. The van der Waals surface area contributed by atoms with Gasteiger partial charge in [0, 0.05) is 16.2 Å². The second-order valence-electron chi connectivity index (χ2n) is 4.50. The van der Waals surface area contributed by atoms with Crippen LogP contribution in [-0.4, -0.2) is 5.11 Å². The molecule has 1 aromatic heterocycles. The van der Waals surface area contributed by atoms with Crippen molar-refractivity contribution in [3.8, 4) is 0 Å². The van der Waals surface area contributed by atoms with E-state index in [1.165, 1.54) is 17.0 Å². The Morgan fingerprint density at radius 1 is 1.22 bits per heavy atom. The maximum atomic E-state index is 13.3. The number of hydrogen-bond acceptors (Lipinski definition) is 2. The van der Waals surface area contributed by atoms with Gasteiger partial charge in [-0.3, -0.25) is 0 Å². The highest BCUT2D eigenvalue weighted by molar-refractivity contribution is 7.11. The zero-order chi connectivity index (χ0) is 13.1. The van der Waals surface area contributed by atoms with Gasteiger partial charge in [0.05, 0.1) is 6.10 Å². The summed E-state index contributed by atoms with van der Waals surface area (Å²) in [6.45, 7) is 3.95. The van der Waals surface area contributed by atoms with Crippen LogP contribution in [0.4, 0.5) is 4.39 Å². The number of thiophene rings is 1. The van der Waals surface area contributed by atoms with E-state index in [2.05, 4.69) is 13.0 Å². The molecule has 0 aliphatic carbocycles. The van der Waals surface area contributed by atoms with Gasteiger partial charge in [-0.2, -0.15) is 0 Å². The molecule has 1 nitrogen and oxygen atoms in total. The molecule has 1 N–H and O–H groups in total. The molecule has 1 heterocycles. The van der Waals surface area contributed by atoms with Crippen LogP contribution in [0.1, 0.15) is 33.9 Å². The third kappa shape index (κ3) is 3.18. The smallest absolute Gasteiger partial charge is 0.123 e. The van der Waals surface area contributed by atoms with E-state index in [1.54, 1.807) is 11.3 Å². The van der Waals surface area contributed by atoms with Crippen molar-refractivity contribution in [2.75, 3.05) is 0 Å². The lowest BCUT2D eigenvalue weighted by atomic mass is 10.0. The molecule has 0 spiro atoms. The van der Waals surface area contributed by atoms with Gasteiger partial charge in [-0.1, -0.05) is 13.0 Å². The molecule has 2 rings (SSSR count). The molecule has 0 bridgehead atoms. The molecule has 1 aromatic carbocycles. The number of rotatable bonds is 4. The van der Waals surface area contributed by atoms with Crippen molar-refractivity contribution in [3.63, 3.8) is 0 Å². The molecule has 0 fully saturated rings. The van der Waals surface area contributed by atoms with E-state index in [0.717, 1.165) is 16.9 Å². The molecule has 0 saturated carbocycles. The van der Waals surface area contributed by atoms with Gasteiger partial charge in [0.2, 0.25) is 0 Å². The molecular weight excluding hydrogens is 247 g/mol. The van der Waals surface area contributed by atoms with Crippen molar-refractivity contribution in [2.45, 2.75) is 32.8 Å². The van der Waals surface area contributed by atoms with Crippen molar-refractivity contribution in [3.05, 3.63) is 57.0 Å². The largest absolute Gasteiger partial charge is 0.388 e. The van der Waals surface area contributed by atoms with Crippen LogP contribution in [0.2, 0.25) is 0 Å². The number of halogens is 1. The fraction of sp³-hybridized carbons (Fsp3) is 0.333. The van der Waals surface area contributed by atoms with Crippen LogP contribution in [-0.2, 0) is 12.8 Å². The van der Waals surface area contributed by atoms with Crippen LogP contribution in [0.15, 0.2) is 30.3 Å². The topological polar surface area (TPSA) is 20.2 Å². The molecule has 0 saturated heterocycles. The van der Waals surface area contributed by atoms with Crippen molar-refractivity contribution >= 4 is 11.3 Å². The van der Waals surface area contributed by atoms with E-state index in [-0.39, 0.29) is 5.82 Å². The Morgan fingerprint density at radius 2 is 1.94 bits per heavy atom. The van der Waals surface area contributed by atoms with Crippen LogP contribution in [0.25, 0.3) is 0 Å². The third-order valence-corrected chi connectivity index (χ3v) is 4.16. The first-order valence-corrected chi connectivity index (χ1v) is 6.93. The number of hydrogen-bond donors (Lipinski definition) is 1. The van der Waals surface area contributed by atoms with E-state index in [4.69, 9.17) is 0 Å². The molecular formula is C15H17FOS. The number of benzene rings is 1. The number of aliphatic hydroxyl groups is 1. The van der Waals surface area contributed by atoms with Crippen LogP contribution in [0.5, 0.6) is 0 Å². The zero-order valence-electron chi connectivity index (χ0n) is 10.6. The monoisotopic (exact) mass is 264 g/mol. The predicted molar refractivity (Wildman–Crippen MR) is 73.5 cm³/mol. The predicted octanol–water partition coefficient (Wildman–Crippen LogP) is 4.03. The summed E-state index contributed by atoms with van der Waals surface area (Å²) in [6, 6.07) is 8.84. The van der Waals surface area contributed by atoms with Gasteiger partial charge in [-0.25, -0.2) is 4.39 Å². The second kappa shape index (κ2) is 5.63. The standard InChI is InChI=1S/C15H17FOS/c1-3-13-4-5-14(18-13)9-15(17)11-6-10(2)7-12(16)8-11/h4-8,15,17H,3,9H2,1-2H3. The van der Waals surface area contributed by atoms with Crippen molar-refractivity contribution in [2.24, 2.45) is 0 Å². The Kier molecular flexibility index (Phi) is 4.15. The lowest BCUT2D eigenvalue weighted by Crippen LogP contribution is -2.01. The van der Waals surface area contributed by atoms with E-state index >= 15 is 0 Å². The van der Waals surface area contributed by atoms with Crippen molar-refractivity contribution in [1.82, 2.24) is 0 Å². The lowest BCUT2D eigenvalue weighted by molar-refractivity contribution is 0.179. The highest BCUT2D eigenvalue weighted by atomic mass is 32.1. The average Bonchev–Trinajstić information content (AvgIpc) is 2.75. The van der Waals surface area contributed by atoms with E-state index in [0.29, 0.717) is 12.0 Å². The minimum absolute atomic E-state index is 0.288. The highest BCUT2D eigenvalue weighted by Crippen LogP contribution is 2.25. The molecule has 0 aliphatic heterocycles. The summed E-state index contributed by atoms with van der Waals surface area (Å²) < 4.78 is 13.3. The first-order chi connectivity index (χ1) is 8.58. The summed E-state index contributed by atoms with van der Waals surface area (Å²) in [6.07, 6.45) is 0.927. The first-order valence-electron chi connectivity index (χ1n) is 6.11. The van der Waals surface area contributed by atoms with Gasteiger partial charge < -0.3 is 5.11 Å². The molecule has 1 unspecified atom stereocenters. The Balaban J connectivity index is 2.13. The minimum atomic E-state index is -0.636. The summed E-state index contributed by atoms with van der Waals surface area (Å²) in [4.78, 5) is 2.45. The number of aliphatic hydroxyl groups excluding tert-OH is 1. The van der Waals surface area contributed by atoms with E-state index in [1.807, 2.05) is 19.1 Å². The van der Waals surface area contributed by atoms with Gasteiger partial charge >= 0.3 is 0 Å². The summed E-state index contributed by atoms with van der Waals surface area (Å²) in [5, 5.41) is 10.1. The van der Waals surface area contributed by atoms with Gasteiger partial charge in [0.25, 0.3) is 0 Å². The van der Waals surface area contributed by atoms with Crippen LogP contribution in [0, 0.1) is 12.7 Å². The zero-order valence-corrected chi connectivity index (χ0v) is 11.4. The van der Waals surface area contributed by atoms with Crippen LogP contribution >= 0.6 is 11.3 Å². The Bertz CT molecular complexity index is 513. The summed E-state index contributed by atoms with van der Waals surface area (Å²) in [5.41, 5.74) is 1.49. The van der Waals surface area contributed by atoms with E-state index < -0.39 is 6.10 Å². The normalized spacial score (nSPS) is 12.7. The summed E-state index contributed by atoms with van der Waals surface area (Å²) in [5.74, 6) is -0.288. The lowest BCUT2D eigenvalue weighted by Gasteiger charge is -2.10. The summed E-state index contributed by atoms with van der Waals surface area (Å²) in [7, 11) is 0. The first kappa shape index (κ1) is 13.2. The van der Waals surface area contributed by atoms with Crippen LogP contribution in [0.3, 0.4) is 0 Å². The van der Waals surface area contributed by atoms with E-state index in [9.17, 15) is 9.50 Å². The third-order valence-electron chi connectivity index (χ3n) is 2.91. The molecule has 1 atom stereocenters. The minimum Gasteiger partial charge on any atom is -0.388 e. The molecule has 3 heteroatoms. The second-order valence-corrected chi connectivity index (χ2v) is 5.76. The van der Waals surface area contributed by atoms with Gasteiger partial charge in [0.1, 0.15) is 5.82 Å². The molecule has 18 heavy (non-hydrogen) atoms. The molecule has 96 valence electrons. The molecule has 2 aromatic rings. The van der Waals surface area contributed by atoms with Crippen molar-refractivity contribution in [1.29, 1.82) is 0 Å².